The topological polar surface area (TPSA) is 129 Å². The molecule has 1 fully saturated rings. The molecule has 11 nitrogen and oxygen atoms in total. The largest absolute Gasteiger partial charge is 0.490 e. The summed E-state index contributed by atoms with van der Waals surface area (Å²) in [6.07, 6.45) is 4.81. The number of aromatic nitrogens is 4. The fraction of sp³-hybridized carbons (Fsp3) is 0.344. The van der Waals surface area contributed by atoms with Crippen LogP contribution in [0.1, 0.15) is 18.4 Å². The highest BCUT2D eigenvalue weighted by molar-refractivity contribution is 5.67. The molecule has 3 heterocycles. The molecule has 0 saturated carbocycles. The Morgan fingerprint density at radius 2 is 1.74 bits per heavy atom. The van der Waals surface area contributed by atoms with Gasteiger partial charge in [-0.25, -0.2) is 19.4 Å². The average molecular weight is 584 g/mol. The van der Waals surface area contributed by atoms with Crippen LogP contribution < -0.4 is 16.0 Å². The van der Waals surface area contributed by atoms with Crippen LogP contribution in [0.4, 0.5) is 10.5 Å². The number of nitrogens with zero attached hydrogens (tertiary/aromatic N) is 6. The van der Waals surface area contributed by atoms with Crippen LogP contribution in [0.3, 0.4) is 0 Å². The van der Waals surface area contributed by atoms with Crippen LogP contribution in [0.5, 0.6) is 5.75 Å². The lowest BCUT2D eigenvalue weighted by Crippen LogP contribution is -2.40. The van der Waals surface area contributed by atoms with E-state index >= 15 is 0 Å². The maximum atomic E-state index is 12.6. The van der Waals surface area contributed by atoms with E-state index in [-0.39, 0.29) is 11.7 Å². The number of rotatable bonds is 10. The van der Waals surface area contributed by atoms with Gasteiger partial charge in [-0.2, -0.15) is 5.10 Å². The van der Waals surface area contributed by atoms with Crippen molar-refractivity contribution in [1.29, 1.82) is 0 Å². The predicted molar refractivity (Wildman–Crippen MR) is 165 cm³/mol. The van der Waals surface area contributed by atoms with Gasteiger partial charge < -0.3 is 25.0 Å². The Bertz CT molecular complexity index is 1580. The molecule has 5 rings (SSSR count). The first-order chi connectivity index (χ1) is 20.8. The quantitative estimate of drug-likeness (QED) is 0.277. The average Bonchev–Trinajstić information content (AvgIpc) is 3.01. The number of likely N-dealkylation sites (N-methyl/N-ethyl adjacent to an activating group) is 1. The lowest BCUT2D eigenvalue weighted by Gasteiger charge is -2.31. The first-order valence-corrected chi connectivity index (χ1v) is 14.4. The summed E-state index contributed by atoms with van der Waals surface area (Å²) < 4.78 is 12.8. The standard InChI is InChI=1S/C32H37N7O4/c1-37(2)15-16-42-32(41)38-13-11-23(12-14-38)22-43-28-19-34-31(35-20-28)26-7-3-5-24(17-26)21-39-30(40)10-9-29(36-39)25-6-4-8-27(33)18-25/h3-10,17-20,23H,11-16,21-22,33H2,1-2H3. The van der Waals surface area contributed by atoms with Crippen molar-refractivity contribution in [2.24, 2.45) is 5.92 Å². The van der Waals surface area contributed by atoms with Crippen LogP contribution in [0.25, 0.3) is 22.6 Å². The van der Waals surface area contributed by atoms with Gasteiger partial charge >= 0.3 is 6.09 Å². The Balaban J connectivity index is 1.14. The summed E-state index contributed by atoms with van der Waals surface area (Å²) in [7, 11) is 3.90. The molecular weight excluding hydrogens is 546 g/mol. The minimum Gasteiger partial charge on any atom is -0.490 e. The van der Waals surface area contributed by atoms with Gasteiger partial charge in [0.1, 0.15) is 6.61 Å². The molecule has 43 heavy (non-hydrogen) atoms. The van der Waals surface area contributed by atoms with E-state index in [1.807, 2.05) is 67.5 Å². The Kier molecular flexibility index (Phi) is 9.63. The van der Waals surface area contributed by atoms with Gasteiger partial charge in [-0.15, -0.1) is 0 Å². The van der Waals surface area contributed by atoms with Crippen molar-refractivity contribution < 1.29 is 14.3 Å². The Morgan fingerprint density at radius 1 is 1.00 bits per heavy atom. The summed E-state index contributed by atoms with van der Waals surface area (Å²) in [5, 5.41) is 4.56. The van der Waals surface area contributed by atoms with Gasteiger partial charge in [0.25, 0.3) is 5.56 Å². The van der Waals surface area contributed by atoms with E-state index in [4.69, 9.17) is 15.2 Å². The highest BCUT2D eigenvalue weighted by atomic mass is 16.6. The van der Waals surface area contributed by atoms with Crippen LogP contribution in [-0.4, -0.2) is 82.6 Å². The monoisotopic (exact) mass is 583 g/mol. The van der Waals surface area contributed by atoms with Crippen molar-refractivity contribution in [1.82, 2.24) is 29.5 Å². The van der Waals surface area contributed by atoms with E-state index in [9.17, 15) is 9.59 Å². The van der Waals surface area contributed by atoms with Gasteiger partial charge in [-0.05, 0) is 62.7 Å². The van der Waals surface area contributed by atoms with Crippen LogP contribution >= 0.6 is 0 Å². The van der Waals surface area contributed by atoms with E-state index in [1.54, 1.807) is 23.4 Å². The Labute approximate surface area is 250 Å². The Hall–Kier alpha value is -4.77. The van der Waals surface area contributed by atoms with Crippen molar-refractivity contribution in [3.8, 4) is 28.4 Å². The molecule has 0 atom stereocenters. The molecule has 2 N–H and O–H groups in total. The third-order valence-electron chi connectivity index (χ3n) is 7.32. The number of anilines is 1. The SMILES string of the molecule is CN(C)CCOC(=O)N1CCC(COc2cnc(-c3cccc(Cn4nc(-c5cccc(N)c5)ccc4=O)c3)nc2)CC1. The van der Waals surface area contributed by atoms with Crippen LogP contribution in [0.15, 0.2) is 77.9 Å². The molecule has 1 aliphatic rings. The molecule has 2 aromatic heterocycles. The van der Waals surface area contributed by atoms with Crippen LogP contribution in [0, 0.1) is 5.92 Å². The number of hydrogen-bond acceptors (Lipinski definition) is 9. The van der Waals surface area contributed by atoms with Gasteiger partial charge in [0.15, 0.2) is 11.6 Å². The third kappa shape index (κ3) is 8.16. The minimum atomic E-state index is -0.246. The molecule has 0 unspecified atom stereocenters. The summed E-state index contributed by atoms with van der Waals surface area (Å²) >= 11 is 0. The normalized spacial score (nSPS) is 13.7. The smallest absolute Gasteiger partial charge is 0.409 e. The van der Waals surface area contributed by atoms with E-state index < -0.39 is 0 Å². The molecule has 0 aliphatic carbocycles. The number of piperidine rings is 1. The lowest BCUT2D eigenvalue weighted by atomic mass is 9.98. The third-order valence-corrected chi connectivity index (χ3v) is 7.32. The van der Waals surface area contributed by atoms with Crippen molar-refractivity contribution in [2.75, 3.05) is 52.7 Å². The summed E-state index contributed by atoms with van der Waals surface area (Å²) in [4.78, 5) is 37.6. The zero-order chi connectivity index (χ0) is 30.2. The highest BCUT2D eigenvalue weighted by Crippen LogP contribution is 2.22. The molecule has 1 amide bonds. The van der Waals surface area contributed by atoms with Gasteiger partial charge in [0, 0.05) is 42.5 Å². The zero-order valence-electron chi connectivity index (χ0n) is 24.6. The molecule has 0 bridgehead atoms. The summed E-state index contributed by atoms with van der Waals surface area (Å²) in [5.74, 6) is 1.50. The lowest BCUT2D eigenvalue weighted by molar-refractivity contribution is 0.0766. The van der Waals surface area contributed by atoms with E-state index in [0.717, 1.165) is 29.5 Å². The number of carbonyl (C=O) groups is 1. The number of benzene rings is 2. The maximum Gasteiger partial charge on any atom is 0.409 e. The summed E-state index contributed by atoms with van der Waals surface area (Å²) in [6.45, 7) is 3.27. The molecule has 1 saturated heterocycles. The second-order valence-electron chi connectivity index (χ2n) is 10.9. The van der Waals surface area contributed by atoms with Gasteiger partial charge in [-0.3, -0.25) is 4.79 Å². The van der Waals surface area contributed by atoms with Crippen molar-refractivity contribution in [2.45, 2.75) is 19.4 Å². The second-order valence-corrected chi connectivity index (χ2v) is 10.9. The maximum absolute atomic E-state index is 12.6. The van der Waals surface area contributed by atoms with E-state index in [0.29, 0.717) is 68.3 Å². The molecule has 2 aromatic carbocycles. The van der Waals surface area contributed by atoms with Crippen LogP contribution in [-0.2, 0) is 11.3 Å². The number of nitrogen functional groups attached to an aromatic ring is 1. The number of ether oxygens (including phenoxy) is 2. The first kappa shape index (κ1) is 29.7. The number of nitrogens with two attached hydrogens (primary N) is 1. The fourth-order valence-corrected chi connectivity index (χ4v) is 4.84. The van der Waals surface area contributed by atoms with Crippen molar-refractivity contribution >= 4 is 11.8 Å². The van der Waals surface area contributed by atoms with E-state index in [1.165, 1.54) is 10.7 Å². The number of carbonyl (C=O) groups excluding carboxylic acids is 1. The van der Waals surface area contributed by atoms with Crippen molar-refractivity contribution in [3.05, 3.63) is 89.0 Å². The molecule has 4 aromatic rings. The molecule has 224 valence electrons. The first-order valence-electron chi connectivity index (χ1n) is 14.4. The predicted octanol–water partition coefficient (Wildman–Crippen LogP) is 3.79. The summed E-state index contributed by atoms with van der Waals surface area (Å²) in [5.41, 5.74) is 9.61. The molecular formula is C32H37N7O4. The molecule has 11 heteroatoms. The molecule has 0 spiro atoms. The highest BCUT2D eigenvalue weighted by Gasteiger charge is 2.24. The molecule has 1 aliphatic heterocycles. The van der Waals surface area contributed by atoms with Gasteiger partial charge in [0.2, 0.25) is 0 Å². The zero-order valence-corrected chi connectivity index (χ0v) is 24.6. The fourth-order valence-electron chi connectivity index (χ4n) is 4.84. The van der Waals surface area contributed by atoms with E-state index in [2.05, 4.69) is 15.1 Å². The minimum absolute atomic E-state index is 0.193. The Morgan fingerprint density at radius 3 is 2.49 bits per heavy atom. The molecule has 0 radical (unpaired) electrons. The number of likely N-dealkylation sites (tertiary alicyclic amines) is 1. The summed E-state index contributed by atoms with van der Waals surface area (Å²) in [6, 6.07) is 18.4. The van der Waals surface area contributed by atoms with Crippen molar-refractivity contribution in [3.63, 3.8) is 0 Å². The van der Waals surface area contributed by atoms with Gasteiger partial charge in [0.05, 0.1) is 31.2 Å². The number of amides is 1. The number of hydrogen-bond donors (Lipinski definition) is 1. The van der Waals surface area contributed by atoms with Crippen LogP contribution in [0.2, 0.25) is 0 Å². The van der Waals surface area contributed by atoms with Gasteiger partial charge in [-0.1, -0.05) is 30.3 Å². The second kappa shape index (κ2) is 13.9.